The Labute approximate surface area is 153 Å². The summed E-state index contributed by atoms with van der Waals surface area (Å²) in [6.45, 7) is 0. The molecule has 7 nitrogen and oxygen atoms in total. The molecule has 2 aromatic heterocycles. The van der Waals surface area contributed by atoms with Crippen molar-refractivity contribution in [1.29, 1.82) is 0 Å². The molecule has 0 aliphatic rings. The molecule has 4 aromatic rings. The summed E-state index contributed by atoms with van der Waals surface area (Å²) in [5.74, 6) is -0.0397. The molecule has 0 saturated carbocycles. The smallest absolute Gasteiger partial charge is 0.323 e. The molecule has 0 saturated heterocycles. The van der Waals surface area contributed by atoms with Gasteiger partial charge in [-0.25, -0.2) is 9.18 Å². The molecule has 134 valence electrons. The summed E-state index contributed by atoms with van der Waals surface area (Å²) in [5.41, 5.74) is 9.22. The molecule has 2 heterocycles. The van der Waals surface area contributed by atoms with E-state index in [1.165, 1.54) is 18.2 Å². The lowest BCUT2D eigenvalue weighted by molar-refractivity contribution is 0.262. The average molecular weight is 362 g/mol. The number of anilines is 3. The molecule has 8 heteroatoms. The Balaban J connectivity index is 1.52. The number of benzene rings is 2. The first-order valence-corrected chi connectivity index (χ1v) is 8.13. The van der Waals surface area contributed by atoms with Crippen LogP contribution in [0.2, 0.25) is 0 Å². The molecular formula is C19H15FN6O. The molecular weight excluding hydrogens is 347 g/mol. The van der Waals surface area contributed by atoms with Crippen LogP contribution in [0.5, 0.6) is 0 Å². The second kappa shape index (κ2) is 6.75. The quantitative estimate of drug-likeness (QED) is 0.442. The van der Waals surface area contributed by atoms with Crippen molar-refractivity contribution in [2.75, 3.05) is 16.4 Å². The van der Waals surface area contributed by atoms with Crippen molar-refractivity contribution < 1.29 is 9.18 Å². The highest BCUT2D eigenvalue weighted by atomic mass is 19.1. The van der Waals surface area contributed by atoms with Crippen LogP contribution in [0.4, 0.5) is 26.4 Å². The van der Waals surface area contributed by atoms with Crippen LogP contribution < -0.4 is 16.4 Å². The first kappa shape index (κ1) is 16.5. The summed E-state index contributed by atoms with van der Waals surface area (Å²) in [6.07, 6.45) is 1.67. The van der Waals surface area contributed by atoms with Crippen LogP contribution in [0.3, 0.4) is 0 Å². The third-order valence-corrected chi connectivity index (χ3v) is 4.00. The fourth-order valence-corrected chi connectivity index (χ4v) is 2.78. The number of rotatable bonds is 3. The number of carbonyl (C=O) groups excluding carboxylic acids is 1. The van der Waals surface area contributed by atoms with E-state index in [9.17, 15) is 9.18 Å². The maximum atomic E-state index is 13.2. The number of nitrogens with two attached hydrogens (primary N) is 1. The highest BCUT2D eigenvalue weighted by molar-refractivity contribution is 6.01. The predicted octanol–water partition coefficient (Wildman–Crippen LogP) is 3.99. The maximum Gasteiger partial charge on any atom is 0.323 e. The van der Waals surface area contributed by atoms with Crippen molar-refractivity contribution in [3.05, 3.63) is 66.6 Å². The summed E-state index contributed by atoms with van der Waals surface area (Å²) < 4.78 is 13.2. The van der Waals surface area contributed by atoms with Crippen LogP contribution in [0.25, 0.3) is 22.2 Å². The molecule has 27 heavy (non-hydrogen) atoms. The predicted molar refractivity (Wildman–Crippen MR) is 103 cm³/mol. The van der Waals surface area contributed by atoms with Gasteiger partial charge >= 0.3 is 6.03 Å². The minimum atomic E-state index is -0.465. The molecule has 0 spiro atoms. The Morgan fingerprint density at radius 3 is 2.59 bits per heavy atom. The van der Waals surface area contributed by atoms with E-state index in [2.05, 4.69) is 25.8 Å². The number of H-pyrrole nitrogens is 1. The average Bonchev–Trinajstić information content (AvgIpc) is 3.04. The lowest BCUT2D eigenvalue weighted by Crippen LogP contribution is -2.19. The van der Waals surface area contributed by atoms with Gasteiger partial charge in [0.25, 0.3) is 0 Å². The number of nitrogens with zero attached hydrogens (tertiary/aromatic N) is 2. The lowest BCUT2D eigenvalue weighted by atomic mass is 10.1. The second-order valence-corrected chi connectivity index (χ2v) is 5.86. The molecule has 0 unspecified atom stereocenters. The number of carbonyl (C=O) groups is 1. The van der Waals surface area contributed by atoms with E-state index in [0.29, 0.717) is 22.9 Å². The number of aromatic nitrogens is 3. The van der Waals surface area contributed by atoms with Crippen LogP contribution in [0.1, 0.15) is 0 Å². The Morgan fingerprint density at radius 2 is 1.81 bits per heavy atom. The zero-order chi connectivity index (χ0) is 18.8. The molecule has 5 N–H and O–H groups in total. The van der Waals surface area contributed by atoms with Gasteiger partial charge in [0.1, 0.15) is 5.82 Å². The van der Waals surface area contributed by atoms with Crippen molar-refractivity contribution in [3.63, 3.8) is 0 Å². The zero-order valence-electron chi connectivity index (χ0n) is 14.0. The van der Waals surface area contributed by atoms with E-state index in [4.69, 9.17) is 5.73 Å². The van der Waals surface area contributed by atoms with Gasteiger partial charge < -0.3 is 16.4 Å². The number of pyridine rings is 1. The molecule has 0 atom stereocenters. The number of amides is 2. The standard InChI is InChI=1S/C19H15FN6O/c20-12-2-1-3-14(10-12)24-19(27)23-13-6-4-11(5-7-13)17-16-15(8-9-22-17)25-26-18(16)21/h1-10H,(H3,21,25,26)(H2,23,24,27). The molecule has 0 fully saturated rings. The first-order chi connectivity index (χ1) is 13.1. The molecule has 0 aliphatic carbocycles. The normalized spacial score (nSPS) is 10.7. The SMILES string of the molecule is Nc1n[nH]c2ccnc(-c3ccc(NC(=O)Nc4cccc(F)c4)cc3)c12. The molecule has 0 aliphatic heterocycles. The van der Waals surface area contributed by atoms with Crippen molar-refractivity contribution >= 4 is 34.1 Å². The van der Waals surface area contributed by atoms with E-state index in [0.717, 1.165) is 16.5 Å². The van der Waals surface area contributed by atoms with Gasteiger partial charge in [0.15, 0.2) is 5.82 Å². The van der Waals surface area contributed by atoms with Crippen molar-refractivity contribution in [2.24, 2.45) is 0 Å². The third kappa shape index (κ3) is 3.40. The van der Waals surface area contributed by atoms with Gasteiger partial charge in [-0.15, -0.1) is 0 Å². The largest absolute Gasteiger partial charge is 0.382 e. The van der Waals surface area contributed by atoms with E-state index in [-0.39, 0.29) is 0 Å². The summed E-state index contributed by atoms with van der Waals surface area (Å²) in [4.78, 5) is 16.4. The van der Waals surface area contributed by atoms with E-state index in [1.54, 1.807) is 30.5 Å². The number of halogens is 1. The molecule has 0 bridgehead atoms. The van der Waals surface area contributed by atoms with Crippen LogP contribution in [-0.4, -0.2) is 21.2 Å². The van der Waals surface area contributed by atoms with Crippen LogP contribution in [-0.2, 0) is 0 Å². The summed E-state index contributed by atoms with van der Waals surface area (Å²) in [7, 11) is 0. The Kier molecular flexibility index (Phi) is 4.13. The lowest BCUT2D eigenvalue weighted by Gasteiger charge is -2.09. The summed E-state index contributed by atoms with van der Waals surface area (Å²) in [5, 5.41) is 12.9. The number of hydrogen-bond acceptors (Lipinski definition) is 4. The van der Waals surface area contributed by atoms with E-state index < -0.39 is 11.8 Å². The van der Waals surface area contributed by atoms with Crippen molar-refractivity contribution in [3.8, 4) is 11.3 Å². The van der Waals surface area contributed by atoms with E-state index in [1.807, 2.05) is 12.1 Å². The van der Waals surface area contributed by atoms with Gasteiger partial charge in [0.05, 0.1) is 16.6 Å². The van der Waals surface area contributed by atoms with Gasteiger partial charge in [-0.05, 0) is 36.4 Å². The van der Waals surface area contributed by atoms with Crippen LogP contribution in [0.15, 0.2) is 60.8 Å². The summed E-state index contributed by atoms with van der Waals surface area (Å²) >= 11 is 0. The van der Waals surface area contributed by atoms with Crippen LogP contribution in [0, 0.1) is 5.82 Å². The molecule has 2 amide bonds. The number of nitrogen functional groups attached to an aromatic ring is 1. The number of hydrogen-bond donors (Lipinski definition) is 4. The van der Waals surface area contributed by atoms with Crippen molar-refractivity contribution in [2.45, 2.75) is 0 Å². The van der Waals surface area contributed by atoms with Gasteiger partial charge in [0, 0.05) is 23.1 Å². The Bertz CT molecular complexity index is 1120. The Hall–Kier alpha value is -3.94. The highest BCUT2D eigenvalue weighted by Crippen LogP contribution is 2.29. The topological polar surface area (TPSA) is 109 Å². The fourth-order valence-electron chi connectivity index (χ4n) is 2.78. The minimum Gasteiger partial charge on any atom is -0.382 e. The number of urea groups is 1. The zero-order valence-corrected chi connectivity index (χ0v) is 14.0. The fraction of sp³-hybridized carbons (Fsp3) is 0. The van der Waals surface area contributed by atoms with Crippen LogP contribution >= 0.6 is 0 Å². The third-order valence-electron chi connectivity index (χ3n) is 4.00. The van der Waals surface area contributed by atoms with Gasteiger partial charge in [0.2, 0.25) is 0 Å². The molecule has 4 rings (SSSR count). The van der Waals surface area contributed by atoms with E-state index >= 15 is 0 Å². The van der Waals surface area contributed by atoms with Gasteiger partial charge in [-0.2, -0.15) is 5.10 Å². The summed E-state index contributed by atoms with van der Waals surface area (Å²) in [6, 6.07) is 14.2. The van der Waals surface area contributed by atoms with Gasteiger partial charge in [-0.3, -0.25) is 10.1 Å². The number of fused-ring (bicyclic) bond motifs is 1. The maximum absolute atomic E-state index is 13.2. The minimum absolute atomic E-state index is 0.371. The van der Waals surface area contributed by atoms with Crippen molar-refractivity contribution in [1.82, 2.24) is 15.2 Å². The second-order valence-electron chi connectivity index (χ2n) is 5.86. The Morgan fingerprint density at radius 1 is 1.04 bits per heavy atom. The molecule has 2 aromatic carbocycles. The first-order valence-electron chi connectivity index (χ1n) is 8.13. The number of nitrogens with one attached hydrogen (secondary N) is 3. The molecule has 0 radical (unpaired) electrons. The highest BCUT2D eigenvalue weighted by Gasteiger charge is 2.11. The number of aromatic amines is 1. The van der Waals surface area contributed by atoms with Gasteiger partial charge in [-0.1, -0.05) is 18.2 Å². The monoisotopic (exact) mass is 362 g/mol.